The molecule has 0 spiro atoms. The molecule has 1 unspecified atom stereocenters. The Balaban J connectivity index is 1.95. The summed E-state index contributed by atoms with van der Waals surface area (Å²) < 4.78 is 5.28. The molecule has 90 valence electrons. The molecule has 2 rings (SSSR count). The molecule has 17 heavy (non-hydrogen) atoms. The number of anilines is 2. The Morgan fingerprint density at radius 3 is 3.06 bits per heavy atom. The van der Waals surface area contributed by atoms with Crippen LogP contribution in [0, 0.1) is 0 Å². The first-order chi connectivity index (χ1) is 8.28. The molecule has 0 aliphatic rings. The van der Waals surface area contributed by atoms with Gasteiger partial charge in [0, 0.05) is 18.7 Å². The average Bonchev–Trinajstić information content (AvgIpc) is 2.82. The second-order valence-corrected chi connectivity index (χ2v) is 3.74. The molecular formula is C11H15N5O. The standard InChI is InChI=1S/C11H15N5O/c1-8(7-9-3-2-6-17-9)14-10-4-5-13-11(15-10)16-12/h2-6,8H,7,12H2,1H3,(H2,13,14,15,16). The van der Waals surface area contributed by atoms with E-state index in [1.807, 2.05) is 12.1 Å². The van der Waals surface area contributed by atoms with Crippen LogP contribution in [0.5, 0.6) is 0 Å². The van der Waals surface area contributed by atoms with Gasteiger partial charge in [0.15, 0.2) is 0 Å². The highest BCUT2D eigenvalue weighted by atomic mass is 16.3. The van der Waals surface area contributed by atoms with E-state index in [4.69, 9.17) is 10.3 Å². The number of hydrazine groups is 1. The predicted molar refractivity (Wildman–Crippen MR) is 65.3 cm³/mol. The molecule has 0 aliphatic heterocycles. The molecule has 0 aromatic carbocycles. The van der Waals surface area contributed by atoms with Crippen LogP contribution < -0.4 is 16.6 Å². The summed E-state index contributed by atoms with van der Waals surface area (Å²) in [7, 11) is 0. The highest BCUT2D eigenvalue weighted by molar-refractivity contribution is 5.39. The van der Waals surface area contributed by atoms with Crippen molar-refractivity contribution >= 4 is 11.8 Å². The van der Waals surface area contributed by atoms with Crippen molar-refractivity contribution in [2.45, 2.75) is 19.4 Å². The summed E-state index contributed by atoms with van der Waals surface area (Å²) in [6.07, 6.45) is 4.11. The lowest BCUT2D eigenvalue weighted by Crippen LogP contribution is -2.19. The fourth-order valence-electron chi connectivity index (χ4n) is 1.54. The Bertz CT molecular complexity index is 457. The number of hydrogen-bond donors (Lipinski definition) is 3. The van der Waals surface area contributed by atoms with Crippen molar-refractivity contribution in [3.63, 3.8) is 0 Å². The normalized spacial score (nSPS) is 12.1. The van der Waals surface area contributed by atoms with Crippen LogP contribution in [-0.2, 0) is 6.42 Å². The van der Waals surface area contributed by atoms with E-state index in [9.17, 15) is 0 Å². The summed E-state index contributed by atoms with van der Waals surface area (Å²) in [6.45, 7) is 2.06. The third kappa shape index (κ3) is 3.18. The van der Waals surface area contributed by atoms with Gasteiger partial charge in [-0.05, 0) is 25.1 Å². The van der Waals surface area contributed by atoms with E-state index in [-0.39, 0.29) is 6.04 Å². The Hall–Kier alpha value is -2.08. The topological polar surface area (TPSA) is 89.0 Å². The highest BCUT2D eigenvalue weighted by Gasteiger charge is 2.06. The van der Waals surface area contributed by atoms with Crippen LogP contribution in [0.3, 0.4) is 0 Å². The summed E-state index contributed by atoms with van der Waals surface area (Å²) in [4.78, 5) is 8.11. The van der Waals surface area contributed by atoms with Gasteiger partial charge in [0.2, 0.25) is 5.95 Å². The quantitative estimate of drug-likeness (QED) is 0.534. The van der Waals surface area contributed by atoms with Gasteiger partial charge < -0.3 is 9.73 Å². The summed E-state index contributed by atoms with van der Waals surface area (Å²) in [6, 6.07) is 5.83. The van der Waals surface area contributed by atoms with E-state index in [0.29, 0.717) is 5.95 Å². The van der Waals surface area contributed by atoms with Crippen molar-refractivity contribution in [1.82, 2.24) is 9.97 Å². The molecule has 0 amide bonds. The van der Waals surface area contributed by atoms with Gasteiger partial charge in [-0.15, -0.1) is 0 Å². The number of nitrogen functional groups attached to an aromatic ring is 1. The maximum absolute atomic E-state index is 5.28. The molecule has 1 atom stereocenters. The van der Waals surface area contributed by atoms with Crippen molar-refractivity contribution < 1.29 is 4.42 Å². The third-order valence-electron chi connectivity index (χ3n) is 2.27. The zero-order valence-electron chi connectivity index (χ0n) is 9.55. The van der Waals surface area contributed by atoms with Gasteiger partial charge in [0.05, 0.1) is 6.26 Å². The lowest BCUT2D eigenvalue weighted by molar-refractivity contribution is 0.497. The second-order valence-electron chi connectivity index (χ2n) is 3.74. The summed E-state index contributed by atoms with van der Waals surface area (Å²) in [5.74, 6) is 7.30. The van der Waals surface area contributed by atoms with E-state index in [1.54, 1.807) is 18.5 Å². The first kappa shape index (κ1) is 11.4. The first-order valence-corrected chi connectivity index (χ1v) is 5.36. The van der Waals surface area contributed by atoms with Crippen LogP contribution in [0.15, 0.2) is 35.1 Å². The maximum Gasteiger partial charge on any atom is 0.239 e. The zero-order chi connectivity index (χ0) is 12.1. The lowest BCUT2D eigenvalue weighted by atomic mass is 10.2. The Morgan fingerprint density at radius 1 is 1.47 bits per heavy atom. The van der Waals surface area contributed by atoms with E-state index in [2.05, 4.69) is 27.6 Å². The van der Waals surface area contributed by atoms with Gasteiger partial charge in [-0.2, -0.15) is 4.98 Å². The van der Waals surface area contributed by atoms with Crippen LogP contribution in [-0.4, -0.2) is 16.0 Å². The molecule has 0 aliphatic carbocycles. The van der Waals surface area contributed by atoms with Crippen LogP contribution >= 0.6 is 0 Å². The van der Waals surface area contributed by atoms with Gasteiger partial charge in [0.1, 0.15) is 11.6 Å². The maximum atomic E-state index is 5.28. The average molecular weight is 233 g/mol. The summed E-state index contributed by atoms with van der Waals surface area (Å²) >= 11 is 0. The van der Waals surface area contributed by atoms with E-state index >= 15 is 0 Å². The second kappa shape index (κ2) is 5.31. The molecule has 0 radical (unpaired) electrons. The SMILES string of the molecule is CC(Cc1ccco1)Nc1ccnc(NN)n1. The smallest absolute Gasteiger partial charge is 0.239 e. The third-order valence-corrected chi connectivity index (χ3v) is 2.27. The highest BCUT2D eigenvalue weighted by Crippen LogP contribution is 2.10. The summed E-state index contributed by atoms with van der Waals surface area (Å²) in [5, 5.41) is 3.25. The van der Waals surface area contributed by atoms with E-state index < -0.39 is 0 Å². The molecule has 6 heteroatoms. The molecule has 0 bridgehead atoms. The molecule has 6 nitrogen and oxygen atoms in total. The van der Waals surface area contributed by atoms with Gasteiger partial charge in [-0.3, -0.25) is 5.43 Å². The van der Waals surface area contributed by atoms with Crippen LogP contribution in [0.4, 0.5) is 11.8 Å². The number of nitrogens with zero attached hydrogens (tertiary/aromatic N) is 2. The largest absolute Gasteiger partial charge is 0.469 e. The molecule has 0 saturated carbocycles. The number of aromatic nitrogens is 2. The van der Waals surface area contributed by atoms with Gasteiger partial charge >= 0.3 is 0 Å². The molecular weight excluding hydrogens is 218 g/mol. The fourth-order valence-corrected chi connectivity index (χ4v) is 1.54. The Labute approximate surface area is 99.2 Å². The molecule has 2 aromatic heterocycles. The van der Waals surface area contributed by atoms with E-state index in [1.165, 1.54) is 0 Å². The van der Waals surface area contributed by atoms with Crippen molar-refractivity contribution in [2.24, 2.45) is 5.84 Å². The van der Waals surface area contributed by atoms with Crippen LogP contribution in [0.25, 0.3) is 0 Å². The number of furan rings is 1. The van der Waals surface area contributed by atoms with Crippen molar-refractivity contribution in [2.75, 3.05) is 10.7 Å². The lowest BCUT2D eigenvalue weighted by Gasteiger charge is -2.13. The predicted octanol–water partition coefficient (Wildman–Crippen LogP) is 1.40. The van der Waals surface area contributed by atoms with Crippen LogP contribution in [0.2, 0.25) is 0 Å². The molecule has 0 saturated heterocycles. The fraction of sp³-hybridized carbons (Fsp3) is 0.273. The minimum Gasteiger partial charge on any atom is -0.469 e. The van der Waals surface area contributed by atoms with Gasteiger partial charge in [-0.1, -0.05) is 0 Å². The monoisotopic (exact) mass is 233 g/mol. The van der Waals surface area contributed by atoms with Crippen molar-refractivity contribution in [1.29, 1.82) is 0 Å². The molecule has 4 N–H and O–H groups in total. The zero-order valence-corrected chi connectivity index (χ0v) is 9.55. The summed E-state index contributed by atoms with van der Waals surface area (Å²) in [5.41, 5.74) is 2.41. The van der Waals surface area contributed by atoms with Crippen molar-refractivity contribution in [3.8, 4) is 0 Å². The minimum absolute atomic E-state index is 0.210. The van der Waals surface area contributed by atoms with Crippen molar-refractivity contribution in [3.05, 3.63) is 36.4 Å². The minimum atomic E-state index is 0.210. The first-order valence-electron chi connectivity index (χ1n) is 5.36. The molecule has 2 heterocycles. The number of nitrogens with one attached hydrogen (secondary N) is 2. The van der Waals surface area contributed by atoms with Crippen LogP contribution in [0.1, 0.15) is 12.7 Å². The van der Waals surface area contributed by atoms with Gasteiger partial charge in [0.25, 0.3) is 0 Å². The molecule has 2 aromatic rings. The Kier molecular flexibility index (Phi) is 3.56. The Morgan fingerprint density at radius 2 is 2.35 bits per heavy atom. The molecule has 0 fully saturated rings. The number of nitrogens with two attached hydrogens (primary N) is 1. The van der Waals surface area contributed by atoms with E-state index in [0.717, 1.165) is 18.0 Å². The number of rotatable bonds is 5. The van der Waals surface area contributed by atoms with Gasteiger partial charge in [-0.25, -0.2) is 10.8 Å². The number of hydrogen-bond acceptors (Lipinski definition) is 6.